The van der Waals surface area contributed by atoms with Gasteiger partial charge in [-0.15, -0.1) is 0 Å². The summed E-state index contributed by atoms with van der Waals surface area (Å²) in [7, 11) is -2.31. The van der Waals surface area contributed by atoms with E-state index in [0.29, 0.717) is 5.69 Å². The summed E-state index contributed by atoms with van der Waals surface area (Å²) in [5, 5.41) is 4.17. The lowest BCUT2D eigenvalue weighted by molar-refractivity contribution is 0.491. The molecule has 0 unspecified atom stereocenters. The molecular formula is C22H21N5O2S. The lowest BCUT2D eigenvalue weighted by Gasteiger charge is -2.14. The zero-order valence-corrected chi connectivity index (χ0v) is 17.7. The van der Waals surface area contributed by atoms with Crippen LogP contribution in [0.3, 0.4) is 0 Å². The highest BCUT2D eigenvalue weighted by Crippen LogP contribution is 2.22. The van der Waals surface area contributed by atoms with E-state index in [9.17, 15) is 8.42 Å². The Morgan fingerprint density at radius 1 is 1.07 bits per heavy atom. The number of aryl methyl sites for hydroxylation is 2. The van der Waals surface area contributed by atoms with Crippen LogP contribution in [0.1, 0.15) is 16.8 Å². The number of imidazole rings is 1. The van der Waals surface area contributed by atoms with Gasteiger partial charge in [-0.1, -0.05) is 18.2 Å². The first-order valence-electron chi connectivity index (χ1n) is 9.34. The molecule has 0 atom stereocenters. The maximum atomic E-state index is 12.8. The Balaban J connectivity index is 1.70. The third-order valence-corrected chi connectivity index (χ3v) is 6.44. The predicted octanol–water partition coefficient (Wildman–Crippen LogP) is 3.67. The Bertz CT molecular complexity index is 1340. The first-order chi connectivity index (χ1) is 14.4. The van der Waals surface area contributed by atoms with Crippen molar-refractivity contribution < 1.29 is 8.42 Å². The van der Waals surface area contributed by atoms with E-state index in [2.05, 4.69) is 21.1 Å². The minimum Gasteiger partial charge on any atom is -0.298 e. The third kappa shape index (κ3) is 3.69. The van der Waals surface area contributed by atoms with Gasteiger partial charge < -0.3 is 0 Å². The van der Waals surface area contributed by atoms with Crippen molar-refractivity contribution in [2.45, 2.75) is 18.7 Å². The van der Waals surface area contributed by atoms with Crippen molar-refractivity contribution in [3.63, 3.8) is 0 Å². The van der Waals surface area contributed by atoms with Crippen molar-refractivity contribution >= 4 is 21.9 Å². The molecule has 1 aromatic carbocycles. The van der Waals surface area contributed by atoms with Crippen molar-refractivity contribution in [1.29, 1.82) is 0 Å². The normalized spacial score (nSPS) is 12.0. The highest BCUT2D eigenvalue weighted by atomic mass is 32.2. The number of hydrogen-bond acceptors (Lipinski definition) is 5. The van der Waals surface area contributed by atoms with Gasteiger partial charge in [-0.2, -0.15) is 17.9 Å². The SMILES string of the molecule is Cc1cccc(S(=O)(=O)N(C)N=Cc2cnc3c(C)cc(-c4cccnc4)cn23)c1. The van der Waals surface area contributed by atoms with E-state index in [-0.39, 0.29) is 4.90 Å². The van der Waals surface area contributed by atoms with Gasteiger partial charge in [0, 0.05) is 36.8 Å². The topological polar surface area (TPSA) is 79.9 Å². The van der Waals surface area contributed by atoms with Gasteiger partial charge in [-0.05, 0) is 49.2 Å². The van der Waals surface area contributed by atoms with Crippen LogP contribution < -0.4 is 0 Å². The van der Waals surface area contributed by atoms with Gasteiger partial charge in [-0.25, -0.2) is 4.98 Å². The summed E-state index contributed by atoms with van der Waals surface area (Å²) < 4.78 is 28.4. The van der Waals surface area contributed by atoms with E-state index in [4.69, 9.17) is 0 Å². The molecular weight excluding hydrogens is 398 g/mol. The molecule has 0 aliphatic rings. The summed E-state index contributed by atoms with van der Waals surface area (Å²) in [6, 6.07) is 12.7. The highest BCUT2D eigenvalue weighted by molar-refractivity contribution is 7.89. The quantitative estimate of drug-likeness (QED) is 0.365. The van der Waals surface area contributed by atoms with Gasteiger partial charge >= 0.3 is 0 Å². The van der Waals surface area contributed by atoms with Crippen LogP contribution in [0.2, 0.25) is 0 Å². The number of pyridine rings is 2. The molecule has 0 saturated heterocycles. The van der Waals surface area contributed by atoms with Crippen LogP contribution in [0.4, 0.5) is 0 Å². The molecule has 3 aromatic heterocycles. The second kappa shape index (κ2) is 7.72. The molecule has 8 heteroatoms. The van der Waals surface area contributed by atoms with Crippen molar-refractivity contribution in [2.75, 3.05) is 7.05 Å². The van der Waals surface area contributed by atoms with E-state index in [1.54, 1.807) is 36.8 Å². The Hall–Kier alpha value is -3.52. The summed E-state index contributed by atoms with van der Waals surface area (Å²) in [5.41, 5.74) is 5.29. The van der Waals surface area contributed by atoms with Gasteiger partial charge in [0.1, 0.15) is 5.65 Å². The van der Waals surface area contributed by atoms with Crippen LogP contribution >= 0.6 is 0 Å². The average Bonchev–Trinajstić information content (AvgIpc) is 3.16. The molecule has 0 fully saturated rings. The van der Waals surface area contributed by atoms with E-state index in [0.717, 1.165) is 32.3 Å². The molecule has 0 radical (unpaired) electrons. The minimum atomic E-state index is -3.73. The molecule has 0 bridgehead atoms. The van der Waals surface area contributed by atoms with Crippen LogP contribution in [0.25, 0.3) is 16.8 Å². The Morgan fingerprint density at radius 3 is 2.63 bits per heavy atom. The van der Waals surface area contributed by atoms with Gasteiger partial charge in [0.2, 0.25) is 0 Å². The summed E-state index contributed by atoms with van der Waals surface area (Å²) in [6.07, 6.45) is 8.65. The van der Waals surface area contributed by atoms with Crippen LogP contribution in [0.15, 0.2) is 77.2 Å². The predicted molar refractivity (Wildman–Crippen MR) is 117 cm³/mol. The van der Waals surface area contributed by atoms with Crippen molar-refractivity contribution in [1.82, 2.24) is 18.8 Å². The fraction of sp³-hybridized carbons (Fsp3) is 0.136. The van der Waals surface area contributed by atoms with E-state index >= 15 is 0 Å². The molecule has 4 aromatic rings. The van der Waals surface area contributed by atoms with E-state index < -0.39 is 10.0 Å². The van der Waals surface area contributed by atoms with Gasteiger partial charge in [0.15, 0.2) is 0 Å². The van der Waals surface area contributed by atoms with Crippen LogP contribution in [-0.4, -0.2) is 40.5 Å². The molecule has 0 N–H and O–H groups in total. The summed E-state index contributed by atoms with van der Waals surface area (Å²) in [4.78, 5) is 8.83. The van der Waals surface area contributed by atoms with E-state index in [1.165, 1.54) is 13.3 Å². The molecule has 0 aliphatic carbocycles. The van der Waals surface area contributed by atoms with Crippen molar-refractivity contribution in [3.05, 3.63) is 84.1 Å². The number of nitrogens with zero attached hydrogens (tertiary/aromatic N) is 5. The Kier molecular flexibility index (Phi) is 5.09. The zero-order valence-electron chi connectivity index (χ0n) is 16.9. The molecule has 152 valence electrons. The molecule has 3 heterocycles. The van der Waals surface area contributed by atoms with Crippen molar-refractivity contribution in [3.8, 4) is 11.1 Å². The number of rotatable bonds is 5. The fourth-order valence-corrected chi connectivity index (χ4v) is 4.26. The minimum absolute atomic E-state index is 0.204. The number of hydrogen-bond donors (Lipinski definition) is 0. The Morgan fingerprint density at radius 2 is 1.90 bits per heavy atom. The number of aromatic nitrogens is 3. The fourth-order valence-electron chi connectivity index (χ4n) is 3.19. The number of benzene rings is 1. The summed E-state index contributed by atoms with van der Waals surface area (Å²) in [5.74, 6) is 0. The number of hydrazone groups is 1. The average molecular weight is 420 g/mol. The molecule has 0 spiro atoms. The Labute approximate surface area is 175 Å². The van der Waals surface area contributed by atoms with Gasteiger partial charge in [0.25, 0.3) is 10.0 Å². The largest absolute Gasteiger partial charge is 0.298 e. The lowest BCUT2D eigenvalue weighted by Crippen LogP contribution is -2.22. The zero-order chi connectivity index (χ0) is 21.3. The standard InChI is InChI=1S/C22H21N5O2S/c1-16-6-4-8-21(10-16)30(28,29)26(3)25-14-20-13-24-22-17(2)11-19(15-27(20)22)18-7-5-9-23-12-18/h4-15H,1-3H3. The number of sulfonamides is 1. The maximum absolute atomic E-state index is 12.8. The van der Waals surface area contributed by atoms with Gasteiger partial charge in [-0.3, -0.25) is 9.38 Å². The number of fused-ring (bicyclic) bond motifs is 1. The lowest BCUT2D eigenvalue weighted by atomic mass is 10.1. The second-order valence-corrected chi connectivity index (χ2v) is 8.98. The monoisotopic (exact) mass is 419 g/mol. The van der Waals surface area contributed by atoms with Crippen LogP contribution in [0.5, 0.6) is 0 Å². The summed E-state index contributed by atoms with van der Waals surface area (Å²) >= 11 is 0. The highest BCUT2D eigenvalue weighted by Gasteiger charge is 2.19. The molecule has 0 aliphatic heterocycles. The molecule has 7 nitrogen and oxygen atoms in total. The molecule has 0 amide bonds. The molecule has 30 heavy (non-hydrogen) atoms. The first-order valence-corrected chi connectivity index (χ1v) is 10.8. The van der Waals surface area contributed by atoms with Crippen LogP contribution in [-0.2, 0) is 10.0 Å². The second-order valence-electron chi connectivity index (χ2n) is 7.03. The van der Waals surface area contributed by atoms with E-state index in [1.807, 2.05) is 42.6 Å². The first kappa shape index (κ1) is 19.8. The van der Waals surface area contributed by atoms with Crippen molar-refractivity contribution in [2.24, 2.45) is 5.10 Å². The van der Waals surface area contributed by atoms with Gasteiger partial charge in [0.05, 0.1) is 23.0 Å². The molecule has 0 saturated carbocycles. The third-order valence-electron chi connectivity index (χ3n) is 4.80. The summed E-state index contributed by atoms with van der Waals surface area (Å²) in [6.45, 7) is 3.83. The maximum Gasteiger partial charge on any atom is 0.278 e. The van der Waals surface area contributed by atoms with Crippen LogP contribution in [0, 0.1) is 13.8 Å². The molecule has 4 rings (SSSR count). The smallest absolute Gasteiger partial charge is 0.278 e.